The normalized spacial score (nSPS) is 22.5. The first-order valence-corrected chi connectivity index (χ1v) is 12.2. The third-order valence-corrected chi connectivity index (χ3v) is 7.46. The third kappa shape index (κ3) is 5.01. The molecule has 5 nitrogen and oxygen atoms in total. The summed E-state index contributed by atoms with van der Waals surface area (Å²) in [5.74, 6) is 1.34. The summed E-state index contributed by atoms with van der Waals surface area (Å²) in [6.07, 6.45) is 4.58. The van der Waals surface area contributed by atoms with Gasteiger partial charge in [-0.1, -0.05) is 31.2 Å². The van der Waals surface area contributed by atoms with Gasteiger partial charge in [0.25, 0.3) is 0 Å². The minimum atomic E-state index is -0.496. The van der Waals surface area contributed by atoms with Gasteiger partial charge in [-0.3, -0.25) is 4.90 Å². The van der Waals surface area contributed by atoms with Crippen molar-refractivity contribution in [2.75, 3.05) is 26.2 Å². The van der Waals surface area contributed by atoms with E-state index in [1.54, 1.807) is 0 Å². The molecule has 5 rings (SSSR count). The van der Waals surface area contributed by atoms with Crippen molar-refractivity contribution in [2.45, 2.75) is 57.2 Å². The van der Waals surface area contributed by atoms with Crippen molar-refractivity contribution in [3.8, 4) is 5.75 Å². The molecule has 176 valence electrons. The van der Waals surface area contributed by atoms with Gasteiger partial charge in [0.2, 0.25) is 0 Å². The van der Waals surface area contributed by atoms with Crippen molar-refractivity contribution in [2.24, 2.45) is 5.92 Å². The topological polar surface area (TPSA) is 42.0 Å². The van der Waals surface area contributed by atoms with Crippen LogP contribution in [0, 0.1) is 11.7 Å². The number of ether oxygens (including phenoxy) is 2. The van der Waals surface area contributed by atoms with E-state index >= 15 is 0 Å². The summed E-state index contributed by atoms with van der Waals surface area (Å²) in [5.41, 5.74) is 1.58. The van der Waals surface area contributed by atoms with E-state index in [9.17, 15) is 9.18 Å². The van der Waals surface area contributed by atoms with E-state index in [1.165, 1.54) is 25.0 Å². The Labute approximate surface area is 195 Å². The number of likely N-dealkylation sites (tertiary alicyclic amines) is 1. The van der Waals surface area contributed by atoms with Crippen molar-refractivity contribution in [1.29, 1.82) is 0 Å². The van der Waals surface area contributed by atoms with Gasteiger partial charge in [0.1, 0.15) is 17.2 Å². The van der Waals surface area contributed by atoms with Crippen LogP contribution in [-0.2, 0) is 17.7 Å². The molecule has 1 saturated carbocycles. The summed E-state index contributed by atoms with van der Waals surface area (Å²) in [7, 11) is 0. The average molecular weight is 453 g/mol. The van der Waals surface area contributed by atoms with Crippen molar-refractivity contribution in [3.05, 3.63) is 65.5 Å². The van der Waals surface area contributed by atoms with E-state index in [1.807, 2.05) is 41.3 Å². The molecule has 2 aromatic rings. The van der Waals surface area contributed by atoms with Gasteiger partial charge in [-0.15, -0.1) is 0 Å². The second kappa shape index (κ2) is 9.34. The van der Waals surface area contributed by atoms with Gasteiger partial charge in [-0.05, 0) is 67.1 Å². The average Bonchev–Trinajstić information content (AvgIpc) is 3.63. The van der Waals surface area contributed by atoms with Crippen LogP contribution in [0.3, 0.4) is 0 Å². The van der Waals surface area contributed by atoms with Gasteiger partial charge in [-0.2, -0.15) is 0 Å². The second-order valence-corrected chi connectivity index (χ2v) is 9.74. The Morgan fingerprint density at radius 2 is 1.70 bits per heavy atom. The van der Waals surface area contributed by atoms with Crippen molar-refractivity contribution < 1.29 is 18.7 Å². The van der Waals surface area contributed by atoms with Gasteiger partial charge in [0.05, 0.1) is 12.6 Å². The van der Waals surface area contributed by atoms with Crippen molar-refractivity contribution in [1.82, 2.24) is 9.80 Å². The van der Waals surface area contributed by atoms with Crippen LogP contribution < -0.4 is 4.74 Å². The van der Waals surface area contributed by atoms with Crippen molar-refractivity contribution >= 4 is 6.09 Å². The lowest BCUT2D eigenvalue weighted by atomic mass is 9.81. The molecule has 1 spiro atoms. The van der Waals surface area contributed by atoms with Crippen LogP contribution in [0.1, 0.15) is 43.7 Å². The molecule has 0 aromatic heterocycles. The number of benzene rings is 2. The molecule has 0 N–H and O–H groups in total. The Hall–Kier alpha value is -2.60. The minimum Gasteiger partial charge on any atom is -0.493 e. The van der Waals surface area contributed by atoms with Crippen LogP contribution in [-0.4, -0.2) is 53.8 Å². The van der Waals surface area contributed by atoms with Gasteiger partial charge < -0.3 is 14.4 Å². The molecule has 33 heavy (non-hydrogen) atoms. The van der Waals surface area contributed by atoms with Crippen LogP contribution >= 0.6 is 0 Å². The van der Waals surface area contributed by atoms with E-state index < -0.39 is 5.60 Å². The summed E-state index contributed by atoms with van der Waals surface area (Å²) < 4.78 is 25.5. The van der Waals surface area contributed by atoms with Crippen LogP contribution in [0.25, 0.3) is 0 Å². The standard InChI is InChI=1S/C27H33FN2O3/c1-2-29-15-13-27(14-16-29)25(17-20-5-9-23(28)10-6-20)30(26(31)33-27)18-21-7-11-24(12-8-21)32-19-22-3-4-22/h5-12,22,25H,2-4,13-19H2,1H3. The molecular weight excluding hydrogens is 419 g/mol. The summed E-state index contributed by atoms with van der Waals surface area (Å²) >= 11 is 0. The molecule has 2 aliphatic heterocycles. The molecule has 6 heteroatoms. The molecule has 1 atom stereocenters. The van der Waals surface area contributed by atoms with Crippen LogP contribution in [0.5, 0.6) is 5.75 Å². The SMILES string of the molecule is CCN1CCC2(CC1)OC(=O)N(Cc1ccc(OCC3CC3)cc1)C2Cc1ccc(F)cc1. The Morgan fingerprint density at radius 1 is 1.03 bits per heavy atom. The van der Waals surface area contributed by atoms with E-state index in [-0.39, 0.29) is 18.0 Å². The first-order valence-electron chi connectivity index (χ1n) is 12.2. The molecule has 2 heterocycles. The molecule has 3 aliphatic rings. The zero-order chi connectivity index (χ0) is 22.8. The largest absolute Gasteiger partial charge is 0.493 e. The molecule has 2 aromatic carbocycles. The number of hydrogen-bond donors (Lipinski definition) is 0. The fourth-order valence-corrected chi connectivity index (χ4v) is 5.10. The number of carbonyl (C=O) groups excluding carboxylic acids is 1. The Bertz CT molecular complexity index is 950. The highest BCUT2D eigenvalue weighted by Crippen LogP contribution is 2.41. The zero-order valence-electron chi connectivity index (χ0n) is 19.3. The third-order valence-electron chi connectivity index (χ3n) is 7.46. The maximum Gasteiger partial charge on any atom is 0.411 e. The summed E-state index contributed by atoms with van der Waals surface area (Å²) in [6, 6.07) is 14.6. The summed E-state index contributed by atoms with van der Waals surface area (Å²) in [5, 5.41) is 0. The number of amides is 1. The lowest BCUT2D eigenvalue weighted by Crippen LogP contribution is -2.53. The molecule has 1 amide bonds. The van der Waals surface area contributed by atoms with Crippen LogP contribution in [0.15, 0.2) is 48.5 Å². The minimum absolute atomic E-state index is 0.0831. The number of halogens is 1. The molecule has 0 bridgehead atoms. The molecule has 3 fully saturated rings. The zero-order valence-corrected chi connectivity index (χ0v) is 19.3. The van der Waals surface area contributed by atoms with E-state index in [2.05, 4.69) is 11.8 Å². The van der Waals surface area contributed by atoms with Gasteiger partial charge in [0, 0.05) is 32.5 Å². The molecule has 2 saturated heterocycles. The van der Waals surface area contributed by atoms with Crippen LogP contribution in [0.4, 0.5) is 9.18 Å². The van der Waals surface area contributed by atoms with Gasteiger partial charge in [-0.25, -0.2) is 9.18 Å². The van der Waals surface area contributed by atoms with E-state index in [4.69, 9.17) is 9.47 Å². The Kier molecular flexibility index (Phi) is 6.28. The first-order chi connectivity index (χ1) is 16.0. The highest BCUT2D eigenvalue weighted by Gasteiger charge is 2.54. The lowest BCUT2D eigenvalue weighted by Gasteiger charge is -2.41. The molecule has 1 aliphatic carbocycles. The summed E-state index contributed by atoms with van der Waals surface area (Å²) in [6.45, 7) is 6.29. The van der Waals surface area contributed by atoms with E-state index in [0.717, 1.165) is 56.0 Å². The predicted molar refractivity (Wildman–Crippen MR) is 125 cm³/mol. The molecule has 0 radical (unpaired) electrons. The number of rotatable bonds is 8. The molecule has 1 unspecified atom stereocenters. The highest BCUT2D eigenvalue weighted by atomic mass is 19.1. The smallest absolute Gasteiger partial charge is 0.411 e. The Balaban J connectivity index is 1.34. The fourth-order valence-electron chi connectivity index (χ4n) is 5.10. The monoisotopic (exact) mass is 452 g/mol. The van der Waals surface area contributed by atoms with Crippen LogP contribution in [0.2, 0.25) is 0 Å². The quantitative estimate of drug-likeness (QED) is 0.563. The maximum absolute atomic E-state index is 13.5. The van der Waals surface area contributed by atoms with Gasteiger partial charge in [0.15, 0.2) is 0 Å². The lowest BCUT2D eigenvalue weighted by molar-refractivity contribution is -0.0206. The molecular formula is C27H33FN2O3. The van der Waals surface area contributed by atoms with E-state index in [0.29, 0.717) is 18.9 Å². The fraction of sp³-hybridized carbons (Fsp3) is 0.519. The van der Waals surface area contributed by atoms with Crippen molar-refractivity contribution in [3.63, 3.8) is 0 Å². The Morgan fingerprint density at radius 3 is 2.33 bits per heavy atom. The second-order valence-electron chi connectivity index (χ2n) is 9.74. The first kappa shape index (κ1) is 22.2. The number of piperidine rings is 1. The number of hydrogen-bond acceptors (Lipinski definition) is 4. The number of nitrogens with zero attached hydrogens (tertiary/aromatic N) is 2. The maximum atomic E-state index is 13.5. The predicted octanol–water partition coefficient (Wildman–Crippen LogP) is 5.03. The highest BCUT2D eigenvalue weighted by molar-refractivity contribution is 5.72. The summed E-state index contributed by atoms with van der Waals surface area (Å²) in [4.78, 5) is 17.4. The van der Waals surface area contributed by atoms with Gasteiger partial charge >= 0.3 is 6.09 Å². The number of carbonyl (C=O) groups is 1.